The molecule has 0 aliphatic carbocycles. The Morgan fingerprint density at radius 1 is 1.15 bits per heavy atom. The average molecular weight is 186 g/mol. The van der Waals surface area contributed by atoms with E-state index in [9.17, 15) is 4.79 Å². The Bertz CT molecular complexity index is 172. The van der Waals surface area contributed by atoms with Crippen molar-refractivity contribution in [2.24, 2.45) is 5.73 Å². The first kappa shape index (κ1) is 12.4. The van der Waals surface area contributed by atoms with Crippen molar-refractivity contribution >= 4 is 5.91 Å². The Kier molecular flexibility index (Phi) is 3.91. The van der Waals surface area contributed by atoms with Gasteiger partial charge in [-0.1, -0.05) is 0 Å². The van der Waals surface area contributed by atoms with Crippen molar-refractivity contribution in [2.75, 3.05) is 0 Å². The Morgan fingerprint density at radius 3 is 1.54 bits per heavy atom. The van der Waals surface area contributed by atoms with Gasteiger partial charge >= 0.3 is 0 Å². The van der Waals surface area contributed by atoms with Crippen LogP contribution in [-0.4, -0.2) is 28.4 Å². The van der Waals surface area contributed by atoms with Crippen LogP contribution < -0.4 is 5.73 Å². The monoisotopic (exact) mass is 186 g/mol. The lowest BCUT2D eigenvalue weighted by molar-refractivity contribution is -0.139. The van der Waals surface area contributed by atoms with Gasteiger partial charge in [0.1, 0.15) is 0 Å². The summed E-state index contributed by atoms with van der Waals surface area (Å²) in [5.41, 5.74) is 4.99. The molecule has 0 aliphatic rings. The van der Waals surface area contributed by atoms with Crippen LogP contribution in [0.5, 0.6) is 0 Å². The van der Waals surface area contributed by atoms with E-state index in [1.54, 1.807) is 13.8 Å². The van der Waals surface area contributed by atoms with Crippen molar-refractivity contribution < 1.29 is 4.79 Å². The van der Waals surface area contributed by atoms with E-state index in [1.165, 1.54) is 0 Å². The molecular formula is C10H22N2O. The molecule has 0 radical (unpaired) electrons. The summed E-state index contributed by atoms with van der Waals surface area (Å²) in [4.78, 5) is 13.7. The minimum atomic E-state index is -0.769. The molecule has 13 heavy (non-hydrogen) atoms. The number of carbonyl (C=O) groups excluding carboxylic acids is 1. The molecular weight excluding hydrogens is 164 g/mol. The Balaban J connectivity index is 4.68. The zero-order valence-electron chi connectivity index (χ0n) is 9.59. The molecule has 0 unspecified atom stereocenters. The third kappa shape index (κ3) is 3.35. The second kappa shape index (κ2) is 4.09. The van der Waals surface area contributed by atoms with E-state index in [2.05, 4.69) is 0 Å². The van der Waals surface area contributed by atoms with Crippen LogP contribution in [0, 0.1) is 0 Å². The quantitative estimate of drug-likeness (QED) is 0.723. The molecule has 0 saturated carbocycles. The zero-order valence-corrected chi connectivity index (χ0v) is 9.59. The van der Waals surface area contributed by atoms with Gasteiger partial charge in [-0.2, -0.15) is 0 Å². The van der Waals surface area contributed by atoms with E-state index in [1.807, 2.05) is 32.6 Å². The SMILES string of the molecule is CC(C)N(C(=O)C(C)(C)N)C(C)C. The summed E-state index contributed by atoms with van der Waals surface area (Å²) >= 11 is 0. The Morgan fingerprint density at radius 2 is 1.46 bits per heavy atom. The fourth-order valence-corrected chi connectivity index (χ4v) is 1.40. The fraction of sp³-hybridized carbons (Fsp3) is 0.900. The summed E-state index contributed by atoms with van der Waals surface area (Å²) in [6, 6.07) is 0.408. The van der Waals surface area contributed by atoms with Gasteiger partial charge in [0.25, 0.3) is 0 Å². The molecule has 2 N–H and O–H groups in total. The molecule has 0 rings (SSSR count). The molecule has 0 aliphatic heterocycles. The first-order valence-corrected chi connectivity index (χ1v) is 4.79. The maximum atomic E-state index is 11.8. The number of carbonyl (C=O) groups is 1. The number of nitrogens with zero attached hydrogens (tertiary/aromatic N) is 1. The lowest BCUT2D eigenvalue weighted by Gasteiger charge is -2.35. The first-order chi connectivity index (χ1) is 5.68. The third-order valence-corrected chi connectivity index (χ3v) is 1.90. The second-order valence-corrected chi connectivity index (χ2v) is 4.62. The second-order valence-electron chi connectivity index (χ2n) is 4.62. The molecule has 0 aromatic carbocycles. The van der Waals surface area contributed by atoms with Crippen LogP contribution in [0.4, 0.5) is 0 Å². The number of hydrogen-bond donors (Lipinski definition) is 1. The van der Waals surface area contributed by atoms with Crippen molar-refractivity contribution in [2.45, 2.75) is 59.2 Å². The van der Waals surface area contributed by atoms with E-state index in [0.717, 1.165) is 0 Å². The van der Waals surface area contributed by atoms with Crippen LogP contribution in [0.15, 0.2) is 0 Å². The molecule has 0 spiro atoms. The van der Waals surface area contributed by atoms with Gasteiger partial charge in [-0.25, -0.2) is 0 Å². The van der Waals surface area contributed by atoms with Gasteiger partial charge in [0.05, 0.1) is 5.54 Å². The lowest BCUT2D eigenvalue weighted by atomic mass is 10.0. The van der Waals surface area contributed by atoms with Gasteiger partial charge in [0, 0.05) is 12.1 Å². The number of amides is 1. The van der Waals surface area contributed by atoms with Gasteiger partial charge in [-0.15, -0.1) is 0 Å². The minimum absolute atomic E-state index is 0.0116. The summed E-state index contributed by atoms with van der Waals surface area (Å²) < 4.78 is 0. The van der Waals surface area contributed by atoms with Gasteiger partial charge in [0.15, 0.2) is 0 Å². The highest BCUT2D eigenvalue weighted by Crippen LogP contribution is 2.11. The van der Waals surface area contributed by atoms with Crippen LogP contribution in [0.1, 0.15) is 41.5 Å². The smallest absolute Gasteiger partial charge is 0.242 e. The van der Waals surface area contributed by atoms with E-state index in [-0.39, 0.29) is 18.0 Å². The maximum Gasteiger partial charge on any atom is 0.242 e. The molecule has 0 atom stereocenters. The Hall–Kier alpha value is -0.570. The summed E-state index contributed by atoms with van der Waals surface area (Å²) in [6.45, 7) is 11.5. The highest BCUT2D eigenvalue weighted by Gasteiger charge is 2.30. The third-order valence-electron chi connectivity index (χ3n) is 1.90. The maximum absolute atomic E-state index is 11.8. The van der Waals surface area contributed by atoms with Crippen molar-refractivity contribution in [1.29, 1.82) is 0 Å². The molecule has 0 aromatic rings. The van der Waals surface area contributed by atoms with Gasteiger partial charge < -0.3 is 10.6 Å². The van der Waals surface area contributed by atoms with E-state index < -0.39 is 5.54 Å². The van der Waals surface area contributed by atoms with Crippen molar-refractivity contribution in [1.82, 2.24) is 4.90 Å². The standard InChI is InChI=1S/C10H22N2O/c1-7(2)12(8(3)4)9(13)10(5,6)11/h7-8H,11H2,1-6H3. The van der Waals surface area contributed by atoms with Gasteiger partial charge in [-0.3, -0.25) is 4.79 Å². The summed E-state index contributed by atoms with van der Waals surface area (Å²) in [6.07, 6.45) is 0. The molecule has 78 valence electrons. The molecule has 3 heteroatoms. The van der Waals surface area contributed by atoms with Crippen molar-refractivity contribution in [3.8, 4) is 0 Å². The topological polar surface area (TPSA) is 46.3 Å². The predicted molar refractivity (Wildman–Crippen MR) is 55.4 cm³/mol. The molecule has 1 amide bonds. The van der Waals surface area contributed by atoms with E-state index in [0.29, 0.717) is 0 Å². The van der Waals surface area contributed by atoms with E-state index in [4.69, 9.17) is 5.73 Å². The van der Waals surface area contributed by atoms with Gasteiger partial charge in [0.2, 0.25) is 5.91 Å². The van der Waals surface area contributed by atoms with Crippen LogP contribution in [0.25, 0.3) is 0 Å². The summed E-state index contributed by atoms with van der Waals surface area (Å²) in [7, 11) is 0. The summed E-state index contributed by atoms with van der Waals surface area (Å²) in [5, 5.41) is 0. The Labute approximate surface area is 81.3 Å². The summed E-state index contributed by atoms with van der Waals surface area (Å²) in [5.74, 6) is 0.0116. The van der Waals surface area contributed by atoms with Crippen molar-refractivity contribution in [3.05, 3.63) is 0 Å². The number of nitrogens with two attached hydrogens (primary N) is 1. The molecule has 0 bridgehead atoms. The molecule has 0 saturated heterocycles. The average Bonchev–Trinajstić information content (AvgIpc) is 1.82. The fourth-order valence-electron chi connectivity index (χ4n) is 1.40. The van der Waals surface area contributed by atoms with Crippen LogP contribution in [-0.2, 0) is 4.79 Å². The predicted octanol–water partition coefficient (Wildman–Crippen LogP) is 1.37. The molecule has 0 heterocycles. The highest BCUT2D eigenvalue weighted by atomic mass is 16.2. The molecule has 0 aromatic heterocycles. The van der Waals surface area contributed by atoms with Crippen LogP contribution >= 0.6 is 0 Å². The number of rotatable bonds is 3. The molecule has 3 nitrogen and oxygen atoms in total. The zero-order chi connectivity index (χ0) is 10.8. The minimum Gasteiger partial charge on any atom is -0.336 e. The van der Waals surface area contributed by atoms with Crippen LogP contribution in [0.2, 0.25) is 0 Å². The van der Waals surface area contributed by atoms with E-state index >= 15 is 0 Å². The highest BCUT2D eigenvalue weighted by molar-refractivity contribution is 5.85. The number of hydrogen-bond acceptors (Lipinski definition) is 2. The van der Waals surface area contributed by atoms with Gasteiger partial charge in [-0.05, 0) is 41.5 Å². The molecule has 0 fully saturated rings. The van der Waals surface area contributed by atoms with Crippen LogP contribution in [0.3, 0.4) is 0 Å². The lowest BCUT2D eigenvalue weighted by Crippen LogP contribution is -2.55. The first-order valence-electron chi connectivity index (χ1n) is 4.79. The van der Waals surface area contributed by atoms with Crippen molar-refractivity contribution in [3.63, 3.8) is 0 Å². The largest absolute Gasteiger partial charge is 0.336 e. The normalized spacial score (nSPS) is 12.4.